The molecule has 1 heteroatoms. The van der Waals surface area contributed by atoms with Crippen molar-refractivity contribution < 1.29 is 0 Å². The molecule has 1 saturated carbocycles. The van der Waals surface area contributed by atoms with Gasteiger partial charge in [0.25, 0.3) is 0 Å². The van der Waals surface area contributed by atoms with E-state index in [-0.39, 0.29) is 0 Å². The summed E-state index contributed by atoms with van der Waals surface area (Å²) in [7, 11) is 0. The number of benzene rings is 1. The van der Waals surface area contributed by atoms with Crippen LogP contribution in [0.1, 0.15) is 37.3 Å². The van der Waals surface area contributed by atoms with Gasteiger partial charge in [-0.2, -0.15) is 0 Å². The highest BCUT2D eigenvalue weighted by Gasteiger charge is 2.37. The van der Waals surface area contributed by atoms with Gasteiger partial charge < -0.3 is 0 Å². The molecule has 0 bridgehead atoms. The molecule has 0 heterocycles. The number of hydrogen-bond acceptors (Lipinski definition) is 0. The Kier molecular flexibility index (Phi) is 3.35. The third-order valence-corrected chi connectivity index (χ3v) is 3.57. The summed E-state index contributed by atoms with van der Waals surface area (Å²) in [4.78, 5) is 0. The van der Waals surface area contributed by atoms with Gasteiger partial charge in [-0.1, -0.05) is 38.1 Å². The number of rotatable bonds is 4. The molecule has 0 aliphatic heterocycles. The molecule has 0 nitrogen and oxygen atoms in total. The Bertz CT molecular complexity index is 313. The van der Waals surface area contributed by atoms with Crippen LogP contribution in [0.3, 0.4) is 0 Å². The molecule has 15 heavy (non-hydrogen) atoms. The van der Waals surface area contributed by atoms with E-state index in [2.05, 4.69) is 38.1 Å². The SMILES string of the molecule is CC(C)Cc1ccc(C2CC2CCl)cc1. The molecule has 0 amide bonds. The Morgan fingerprint density at radius 1 is 1.27 bits per heavy atom. The van der Waals surface area contributed by atoms with E-state index in [0.29, 0.717) is 0 Å². The van der Waals surface area contributed by atoms with Gasteiger partial charge in [-0.3, -0.25) is 0 Å². The highest BCUT2D eigenvalue weighted by Crippen LogP contribution is 2.47. The van der Waals surface area contributed by atoms with Crippen LogP contribution in [0.2, 0.25) is 0 Å². The predicted octanol–water partition coefficient (Wildman–Crippen LogP) is 4.23. The zero-order valence-electron chi connectivity index (χ0n) is 9.54. The summed E-state index contributed by atoms with van der Waals surface area (Å²) in [6, 6.07) is 9.13. The minimum atomic E-state index is 0.739. The first-order valence-electron chi connectivity index (χ1n) is 5.85. The maximum absolute atomic E-state index is 5.84. The van der Waals surface area contributed by atoms with Crippen LogP contribution in [0.4, 0.5) is 0 Å². The highest BCUT2D eigenvalue weighted by atomic mass is 35.5. The maximum Gasteiger partial charge on any atom is 0.0257 e. The molecular weight excluding hydrogens is 204 g/mol. The normalized spacial score (nSPS) is 24.5. The summed E-state index contributed by atoms with van der Waals surface area (Å²) in [6.45, 7) is 4.52. The van der Waals surface area contributed by atoms with Crippen molar-refractivity contribution >= 4 is 11.6 Å². The molecule has 0 N–H and O–H groups in total. The molecule has 2 atom stereocenters. The molecule has 1 fully saturated rings. The molecule has 82 valence electrons. The van der Waals surface area contributed by atoms with Crippen LogP contribution in [0.25, 0.3) is 0 Å². The van der Waals surface area contributed by atoms with E-state index in [9.17, 15) is 0 Å². The van der Waals surface area contributed by atoms with Gasteiger partial charge in [0.15, 0.2) is 0 Å². The molecule has 0 spiro atoms. The highest BCUT2D eigenvalue weighted by molar-refractivity contribution is 6.18. The Labute approximate surface area is 97.6 Å². The van der Waals surface area contributed by atoms with Crippen LogP contribution in [-0.4, -0.2) is 5.88 Å². The van der Waals surface area contributed by atoms with Crippen LogP contribution in [0.15, 0.2) is 24.3 Å². The zero-order valence-corrected chi connectivity index (χ0v) is 10.3. The van der Waals surface area contributed by atoms with Gasteiger partial charge in [0.1, 0.15) is 0 Å². The molecule has 1 aliphatic rings. The van der Waals surface area contributed by atoms with Crippen LogP contribution in [0, 0.1) is 11.8 Å². The van der Waals surface area contributed by atoms with Gasteiger partial charge in [0.05, 0.1) is 0 Å². The number of hydrogen-bond donors (Lipinski definition) is 0. The average molecular weight is 223 g/mol. The lowest BCUT2D eigenvalue weighted by Crippen LogP contribution is -1.94. The number of alkyl halides is 1. The Hall–Kier alpha value is -0.490. The predicted molar refractivity (Wildman–Crippen MR) is 66.6 cm³/mol. The molecule has 2 unspecified atom stereocenters. The molecule has 2 rings (SSSR count). The van der Waals surface area contributed by atoms with Crippen molar-refractivity contribution in [3.63, 3.8) is 0 Å². The molecule has 0 radical (unpaired) electrons. The molecule has 1 aromatic rings. The van der Waals surface area contributed by atoms with Gasteiger partial charge in [-0.25, -0.2) is 0 Å². The van der Waals surface area contributed by atoms with Gasteiger partial charge in [-0.15, -0.1) is 11.6 Å². The van der Waals surface area contributed by atoms with Crippen molar-refractivity contribution in [2.75, 3.05) is 5.88 Å². The summed E-state index contributed by atoms with van der Waals surface area (Å²) in [5.74, 6) is 3.05. The van der Waals surface area contributed by atoms with E-state index in [1.807, 2.05) is 0 Å². The van der Waals surface area contributed by atoms with Crippen molar-refractivity contribution in [3.8, 4) is 0 Å². The summed E-state index contributed by atoms with van der Waals surface area (Å²) in [5.41, 5.74) is 2.94. The summed E-state index contributed by atoms with van der Waals surface area (Å²) in [6.07, 6.45) is 2.47. The lowest BCUT2D eigenvalue weighted by Gasteiger charge is -2.06. The third-order valence-electron chi connectivity index (χ3n) is 3.17. The fourth-order valence-electron chi connectivity index (χ4n) is 2.20. The molecule has 1 aromatic carbocycles. The van der Waals surface area contributed by atoms with Crippen LogP contribution in [0.5, 0.6) is 0 Å². The quantitative estimate of drug-likeness (QED) is 0.669. The smallest absolute Gasteiger partial charge is 0.0257 e. The second-order valence-corrected chi connectivity index (χ2v) is 5.40. The van der Waals surface area contributed by atoms with Crippen molar-refractivity contribution in [1.29, 1.82) is 0 Å². The first kappa shape index (κ1) is 11.0. The van der Waals surface area contributed by atoms with E-state index in [0.717, 1.165) is 23.6 Å². The molecule has 1 aliphatic carbocycles. The van der Waals surface area contributed by atoms with E-state index in [1.165, 1.54) is 24.0 Å². The van der Waals surface area contributed by atoms with Gasteiger partial charge in [-0.05, 0) is 41.7 Å². The molecular formula is C14H19Cl. The minimum absolute atomic E-state index is 0.739. The van der Waals surface area contributed by atoms with Gasteiger partial charge >= 0.3 is 0 Å². The third kappa shape index (κ3) is 2.75. The first-order chi connectivity index (χ1) is 7.20. The van der Waals surface area contributed by atoms with Crippen LogP contribution < -0.4 is 0 Å². The zero-order chi connectivity index (χ0) is 10.8. The topological polar surface area (TPSA) is 0 Å². The second kappa shape index (κ2) is 4.57. The second-order valence-electron chi connectivity index (χ2n) is 5.10. The summed E-state index contributed by atoms with van der Waals surface area (Å²) < 4.78 is 0. The fraction of sp³-hybridized carbons (Fsp3) is 0.571. The van der Waals surface area contributed by atoms with E-state index >= 15 is 0 Å². The van der Waals surface area contributed by atoms with E-state index in [1.54, 1.807) is 0 Å². The Balaban J connectivity index is 1.99. The van der Waals surface area contributed by atoms with Crippen LogP contribution in [-0.2, 0) is 6.42 Å². The van der Waals surface area contributed by atoms with Crippen molar-refractivity contribution in [1.82, 2.24) is 0 Å². The van der Waals surface area contributed by atoms with Crippen molar-refractivity contribution in [2.45, 2.75) is 32.6 Å². The monoisotopic (exact) mass is 222 g/mol. The molecule has 0 saturated heterocycles. The van der Waals surface area contributed by atoms with Gasteiger partial charge in [0.2, 0.25) is 0 Å². The standard InChI is InChI=1S/C14H19Cl/c1-10(2)7-11-3-5-12(6-4-11)14-8-13(14)9-15/h3-6,10,13-14H,7-9H2,1-2H3. The summed E-state index contributed by atoms with van der Waals surface area (Å²) in [5, 5.41) is 0. The van der Waals surface area contributed by atoms with Crippen molar-refractivity contribution in [2.24, 2.45) is 11.8 Å². The fourth-order valence-corrected chi connectivity index (χ4v) is 2.54. The number of halogens is 1. The van der Waals surface area contributed by atoms with E-state index in [4.69, 9.17) is 11.6 Å². The first-order valence-corrected chi connectivity index (χ1v) is 6.39. The molecule has 0 aromatic heterocycles. The maximum atomic E-state index is 5.84. The summed E-state index contributed by atoms with van der Waals surface area (Å²) >= 11 is 5.84. The average Bonchev–Trinajstić information content (AvgIpc) is 2.97. The van der Waals surface area contributed by atoms with Gasteiger partial charge in [0, 0.05) is 5.88 Å². The largest absolute Gasteiger partial charge is 0.126 e. The lowest BCUT2D eigenvalue weighted by atomic mass is 10.0. The Morgan fingerprint density at radius 2 is 1.93 bits per heavy atom. The van der Waals surface area contributed by atoms with Crippen molar-refractivity contribution in [3.05, 3.63) is 35.4 Å². The lowest BCUT2D eigenvalue weighted by molar-refractivity contribution is 0.647. The van der Waals surface area contributed by atoms with Crippen LogP contribution >= 0.6 is 11.6 Å². The Morgan fingerprint density at radius 3 is 2.40 bits per heavy atom. The minimum Gasteiger partial charge on any atom is -0.126 e. The van der Waals surface area contributed by atoms with E-state index < -0.39 is 0 Å².